The molecule has 2 N–H and O–H groups in total. The average molecular weight is 242 g/mol. The van der Waals surface area contributed by atoms with E-state index >= 15 is 0 Å². The standard InChI is InChI=1S/C16H22N2/c1-3-5-7-12-8-9-15-14(10-12)11-13(6-4-2)16(17)18-15/h8-11H,3-7H2,1-2H3,(H2,17,18). The highest BCUT2D eigenvalue weighted by molar-refractivity contribution is 5.82. The first-order valence-corrected chi connectivity index (χ1v) is 6.92. The van der Waals surface area contributed by atoms with Gasteiger partial charge in [-0.25, -0.2) is 4.98 Å². The van der Waals surface area contributed by atoms with Crippen molar-refractivity contribution >= 4 is 16.7 Å². The lowest BCUT2D eigenvalue weighted by Crippen LogP contribution is -1.98. The number of unbranched alkanes of at least 4 members (excludes halogenated alkanes) is 1. The summed E-state index contributed by atoms with van der Waals surface area (Å²) < 4.78 is 0. The van der Waals surface area contributed by atoms with Crippen molar-refractivity contribution in [2.24, 2.45) is 0 Å². The van der Waals surface area contributed by atoms with Crippen LogP contribution in [0.5, 0.6) is 0 Å². The van der Waals surface area contributed by atoms with Gasteiger partial charge in [-0.3, -0.25) is 0 Å². The molecule has 2 heteroatoms. The van der Waals surface area contributed by atoms with Crippen molar-refractivity contribution < 1.29 is 0 Å². The number of aromatic nitrogens is 1. The largest absolute Gasteiger partial charge is 0.383 e. The molecule has 0 aliphatic heterocycles. The number of anilines is 1. The molecule has 2 nitrogen and oxygen atoms in total. The predicted molar refractivity (Wildman–Crippen MR) is 78.8 cm³/mol. The zero-order valence-corrected chi connectivity index (χ0v) is 11.4. The molecule has 0 aliphatic carbocycles. The number of nitrogen functional groups attached to an aromatic ring is 1. The third-order valence-corrected chi connectivity index (χ3v) is 3.33. The van der Waals surface area contributed by atoms with Crippen LogP contribution < -0.4 is 5.73 Å². The first kappa shape index (κ1) is 12.9. The second-order valence-corrected chi connectivity index (χ2v) is 4.91. The number of rotatable bonds is 5. The first-order valence-electron chi connectivity index (χ1n) is 6.92. The Balaban J connectivity index is 2.38. The van der Waals surface area contributed by atoms with Crippen molar-refractivity contribution in [1.29, 1.82) is 0 Å². The molecule has 2 aromatic rings. The lowest BCUT2D eigenvalue weighted by molar-refractivity contribution is 0.796. The highest BCUT2D eigenvalue weighted by Crippen LogP contribution is 2.21. The molecule has 2 rings (SSSR count). The van der Waals surface area contributed by atoms with Gasteiger partial charge in [-0.15, -0.1) is 0 Å². The van der Waals surface area contributed by atoms with E-state index in [-0.39, 0.29) is 0 Å². The fourth-order valence-corrected chi connectivity index (χ4v) is 2.29. The van der Waals surface area contributed by atoms with E-state index in [4.69, 9.17) is 5.73 Å². The highest BCUT2D eigenvalue weighted by Gasteiger charge is 2.04. The number of fused-ring (bicyclic) bond motifs is 1. The quantitative estimate of drug-likeness (QED) is 0.856. The summed E-state index contributed by atoms with van der Waals surface area (Å²) in [5.41, 5.74) is 9.57. The summed E-state index contributed by atoms with van der Waals surface area (Å²) in [6.45, 7) is 4.39. The van der Waals surface area contributed by atoms with Crippen LogP contribution in [0, 0.1) is 0 Å². The molecule has 1 heterocycles. The summed E-state index contributed by atoms with van der Waals surface area (Å²) in [6, 6.07) is 8.73. The summed E-state index contributed by atoms with van der Waals surface area (Å²) in [7, 11) is 0. The third kappa shape index (κ3) is 2.81. The predicted octanol–water partition coefficient (Wildman–Crippen LogP) is 4.11. The third-order valence-electron chi connectivity index (χ3n) is 3.33. The second kappa shape index (κ2) is 5.85. The molecule has 18 heavy (non-hydrogen) atoms. The van der Waals surface area contributed by atoms with Gasteiger partial charge in [0.1, 0.15) is 5.82 Å². The molecular weight excluding hydrogens is 220 g/mol. The smallest absolute Gasteiger partial charge is 0.127 e. The average Bonchev–Trinajstić information content (AvgIpc) is 2.37. The van der Waals surface area contributed by atoms with Gasteiger partial charge in [-0.05, 0) is 48.6 Å². The Morgan fingerprint density at radius 2 is 1.89 bits per heavy atom. The van der Waals surface area contributed by atoms with Crippen LogP contribution in [0.2, 0.25) is 0 Å². The van der Waals surface area contributed by atoms with E-state index in [9.17, 15) is 0 Å². The molecule has 0 spiro atoms. The number of hydrogen-bond donors (Lipinski definition) is 1. The fraction of sp³-hybridized carbons (Fsp3) is 0.438. The molecule has 1 aromatic heterocycles. The van der Waals surface area contributed by atoms with Crippen LogP contribution in [0.25, 0.3) is 10.9 Å². The number of benzene rings is 1. The first-order chi connectivity index (χ1) is 8.74. The van der Waals surface area contributed by atoms with Crippen LogP contribution in [0.15, 0.2) is 24.3 Å². The minimum atomic E-state index is 0.686. The van der Waals surface area contributed by atoms with Gasteiger partial charge in [-0.1, -0.05) is 32.8 Å². The molecule has 96 valence electrons. The van der Waals surface area contributed by atoms with Crippen molar-refractivity contribution in [1.82, 2.24) is 4.98 Å². The minimum Gasteiger partial charge on any atom is -0.383 e. The number of nitrogens with two attached hydrogens (primary N) is 1. The number of hydrogen-bond acceptors (Lipinski definition) is 2. The zero-order chi connectivity index (χ0) is 13.0. The van der Waals surface area contributed by atoms with Crippen molar-refractivity contribution in [2.75, 3.05) is 5.73 Å². The SMILES string of the molecule is CCCCc1ccc2nc(N)c(CCC)cc2c1. The molecule has 1 aromatic carbocycles. The van der Waals surface area contributed by atoms with E-state index in [1.54, 1.807) is 0 Å². The summed E-state index contributed by atoms with van der Waals surface area (Å²) in [5, 5.41) is 1.22. The van der Waals surface area contributed by atoms with Crippen LogP contribution in [-0.4, -0.2) is 4.98 Å². The number of aryl methyl sites for hydroxylation is 2. The van der Waals surface area contributed by atoms with Gasteiger partial charge in [0.25, 0.3) is 0 Å². The lowest BCUT2D eigenvalue weighted by atomic mass is 10.0. The van der Waals surface area contributed by atoms with E-state index in [0.29, 0.717) is 5.82 Å². The topological polar surface area (TPSA) is 38.9 Å². The maximum atomic E-state index is 5.98. The van der Waals surface area contributed by atoms with Crippen molar-refractivity contribution in [2.45, 2.75) is 46.0 Å². The summed E-state index contributed by atoms with van der Waals surface area (Å²) in [6.07, 6.45) is 5.75. The van der Waals surface area contributed by atoms with Crippen molar-refractivity contribution in [3.05, 3.63) is 35.4 Å². The van der Waals surface area contributed by atoms with Crippen molar-refractivity contribution in [3.63, 3.8) is 0 Å². The maximum Gasteiger partial charge on any atom is 0.127 e. The highest BCUT2D eigenvalue weighted by atomic mass is 14.8. The van der Waals surface area contributed by atoms with Crippen LogP contribution in [0.4, 0.5) is 5.82 Å². The van der Waals surface area contributed by atoms with E-state index in [0.717, 1.165) is 24.8 Å². The fourth-order valence-electron chi connectivity index (χ4n) is 2.29. The second-order valence-electron chi connectivity index (χ2n) is 4.91. The number of nitrogens with zero attached hydrogens (tertiary/aromatic N) is 1. The Morgan fingerprint density at radius 3 is 2.61 bits per heavy atom. The molecule has 0 atom stereocenters. The summed E-state index contributed by atoms with van der Waals surface area (Å²) in [5.74, 6) is 0.686. The molecule has 0 radical (unpaired) electrons. The van der Waals surface area contributed by atoms with E-state index in [2.05, 4.69) is 43.1 Å². The van der Waals surface area contributed by atoms with Gasteiger partial charge in [-0.2, -0.15) is 0 Å². The normalized spacial score (nSPS) is 11.0. The van der Waals surface area contributed by atoms with E-state index in [1.165, 1.54) is 29.4 Å². The van der Waals surface area contributed by atoms with E-state index in [1.807, 2.05) is 0 Å². The minimum absolute atomic E-state index is 0.686. The Morgan fingerprint density at radius 1 is 1.06 bits per heavy atom. The van der Waals surface area contributed by atoms with Gasteiger partial charge in [0.15, 0.2) is 0 Å². The molecule has 0 bridgehead atoms. The van der Waals surface area contributed by atoms with Gasteiger partial charge in [0.05, 0.1) is 5.52 Å². The van der Waals surface area contributed by atoms with Crippen LogP contribution >= 0.6 is 0 Å². The van der Waals surface area contributed by atoms with Gasteiger partial charge >= 0.3 is 0 Å². The molecule has 0 unspecified atom stereocenters. The molecule has 0 saturated carbocycles. The van der Waals surface area contributed by atoms with Crippen LogP contribution in [0.1, 0.15) is 44.2 Å². The Hall–Kier alpha value is -1.57. The number of pyridine rings is 1. The molecular formula is C16H22N2. The Kier molecular flexibility index (Phi) is 4.19. The molecule has 0 aliphatic rings. The van der Waals surface area contributed by atoms with Gasteiger partial charge < -0.3 is 5.73 Å². The van der Waals surface area contributed by atoms with Gasteiger partial charge in [0, 0.05) is 5.39 Å². The van der Waals surface area contributed by atoms with Crippen LogP contribution in [-0.2, 0) is 12.8 Å². The molecule has 0 amide bonds. The zero-order valence-electron chi connectivity index (χ0n) is 11.4. The summed E-state index contributed by atoms with van der Waals surface area (Å²) >= 11 is 0. The maximum absolute atomic E-state index is 5.98. The lowest BCUT2D eigenvalue weighted by Gasteiger charge is -2.07. The van der Waals surface area contributed by atoms with Crippen molar-refractivity contribution in [3.8, 4) is 0 Å². The van der Waals surface area contributed by atoms with E-state index < -0.39 is 0 Å². The molecule has 0 saturated heterocycles. The monoisotopic (exact) mass is 242 g/mol. The molecule has 0 fully saturated rings. The van der Waals surface area contributed by atoms with Gasteiger partial charge in [0.2, 0.25) is 0 Å². The van der Waals surface area contributed by atoms with Crippen LogP contribution in [0.3, 0.4) is 0 Å². The summed E-state index contributed by atoms with van der Waals surface area (Å²) in [4.78, 5) is 4.49. The Bertz CT molecular complexity index is 532. The Labute approximate surface area is 109 Å².